The number of rotatable bonds is 2. The summed E-state index contributed by atoms with van der Waals surface area (Å²) in [5.74, 6) is 0.783. The number of nitrogens with zero attached hydrogens (tertiary/aromatic N) is 1. The Labute approximate surface area is 119 Å². The number of aromatic nitrogens is 1. The van der Waals surface area contributed by atoms with Crippen molar-refractivity contribution in [2.75, 3.05) is 0 Å². The number of para-hydroxylation sites is 1. The summed E-state index contributed by atoms with van der Waals surface area (Å²) in [5.41, 5.74) is 7.63. The maximum Gasteiger partial charge on any atom is 0.255 e. The second-order valence-electron chi connectivity index (χ2n) is 6.02. The number of hydrogen-bond acceptors (Lipinski definition) is 2. The van der Waals surface area contributed by atoms with Crippen molar-refractivity contribution in [3.63, 3.8) is 0 Å². The standard InChI is InChI=1S/C17H22N2O/c1-12-6-8-15(9-7-12)19-16-5-3-2-4-13(16)10-14(11-18)17(19)20/h2-5,10,12,15H,6-9,11,18H2,1H3. The third-order valence-corrected chi connectivity index (χ3v) is 4.59. The van der Waals surface area contributed by atoms with Crippen LogP contribution in [0.1, 0.15) is 44.2 Å². The van der Waals surface area contributed by atoms with Gasteiger partial charge in [-0.25, -0.2) is 0 Å². The molecule has 0 saturated heterocycles. The fraction of sp³-hybridized carbons (Fsp3) is 0.471. The van der Waals surface area contributed by atoms with Gasteiger partial charge in [-0.1, -0.05) is 25.1 Å². The van der Waals surface area contributed by atoms with Crippen molar-refractivity contribution in [2.45, 2.75) is 45.2 Å². The van der Waals surface area contributed by atoms with Gasteiger partial charge in [0.25, 0.3) is 5.56 Å². The quantitative estimate of drug-likeness (QED) is 0.911. The fourth-order valence-corrected chi connectivity index (χ4v) is 3.35. The Bertz CT molecular complexity index is 666. The minimum atomic E-state index is 0.103. The molecule has 2 N–H and O–H groups in total. The second kappa shape index (κ2) is 5.41. The van der Waals surface area contributed by atoms with Gasteiger partial charge in [0, 0.05) is 18.2 Å². The van der Waals surface area contributed by atoms with Crippen molar-refractivity contribution in [1.29, 1.82) is 0 Å². The average molecular weight is 270 g/mol. The minimum absolute atomic E-state index is 0.103. The first kappa shape index (κ1) is 13.4. The molecule has 0 radical (unpaired) electrons. The molecule has 3 nitrogen and oxygen atoms in total. The minimum Gasteiger partial charge on any atom is -0.326 e. The van der Waals surface area contributed by atoms with Crippen molar-refractivity contribution < 1.29 is 0 Å². The van der Waals surface area contributed by atoms with Gasteiger partial charge in [0.15, 0.2) is 0 Å². The van der Waals surface area contributed by atoms with Crippen LogP contribution in [0.5, 0.6) is 0 Å². The largest absolute Gasteiger partial charge is 0.326 e. The van der Waals surface area contributed by atoms with E-state index in [9.17, 15) is 4.79 Å². The zero-order valence-corrected chi connectivity index (χ0v) is 12.0. The van der Waals surface area contributed by atoms with Gasteiger partial charge in [-0.2, -0.15) is 0 Å². The van der Waals surface area contributed by atoms with Crippen LogP contribution in [-0.4, -0.2) is 4.57 Å². The number of pyridine rings is 1. The van der Waals surface area contributed by atoms with Gasteiger partial charge in [-0.15, -0.1) is 0 Å². The van der Waals surface area contributed by atoms with Crippen LogP contribution in [0.25, 0.3) is 10.9 Å². The van der Waals surface area contributed by atoms with Crippen molar-refractivity contribution in [3.05, 3.63) is 46.2 Å². The van der Waals surface area contributed by atoms with E-state index in [1.165, 1.54) is 12.8 Å². The van der Waals surface area contributed by atoms with E-state index in [0.717, 1.165) is 35.2 Å². The normalized spacial score (nSPS) is 23.1. The smallest absolute Gasteiger partial charge is 0.255 e. The first-order valence-corrected chi connectivity index (χ1v) is 7.54. The van der Waals surface area contributed by atoms with E-state index in [0.29, 0.717) is 12.6 Å². The van der Waals surface area contributed by atoms with Gasteiger partial charge in [0.2, 0.25) is 0 Å². The summed E-state index contributed by atoms with van der Waals surface area (Å²) < 4.78 is 2.00. The Morgan fingerprint density at radius 1 is 1.20 bits per heavy atom. The van der Waals surface area contributed by atoms with Crippen molar-refractivity contribution >= 4 is 10.9 Å². The fourth-order valence-electron chi connectivity index (χ4n) is 3.35. The SMILES string of the molecule is CC1CCC(n2c(=O)c(CN)cc3ccccc32)CC1. The molecule has 0 spiro atoms. The molecular weight excluding hydrogens is 248 g/mol. The third-order valence-electron chi connectivity index (χ3n) is 4.59. The second-order valence-corrected chi connectivity index (χ2v) is 6.02. The van der Waals surface area contributed by atoms with E-state index in [1.807, 2.05) is 22.8 Å². The number of nitrogens with two attached hydrogens (primary N) is 1. The first-order valence-electron chi connectivity index (χ1n) is 7.54. The Morgan fingerprint density at radius 3 is 2.60 bits per heavy atom. The molecule has 106 valence electrons. The lowest BCUT2D eigenvalue weighted by Crippen LogP contribution is -2.31. The molecule has 1 heterocycles. The lowest BCUT2D eigenvalue weighted by molar-refractivity contribution is 0.290. The molecule has 1 saturated carbocycles. The summed E-state index contributed by atoms with van der Waals surface area (Å²) in [6.07, 6.45) is 4.61. The Balaban J connectivity index is 2.17. The molecule has 0 bridgehead atoms. The van der Waals surface area contributed by atoms with Gasteiger partial charge >= 0.3 is 0 Å². The van der Waals surface area contributed by atoms with E-state index < -0.39 is 0 Å². The van der Waals surface area contributed by atoms with Crippen molar-refractivity contribution in [1.82, 2.24) is 4.57 Å². The maximum absolute atomic E-state index is 12.7. The summed E-state index contributed by atoms with van der Waals surface area (Å²) in [5, 5.41) is 1.12. The Hall–Kier alpha value is -1.61. The summed E-state index contributed by atoms with van der Waals surface area (Å²) in [6, 6.07) is 10.4. The first-order chi connectivity index (χ1) is 9.70. The summed E-state index contributed by atoms with van der Waals surface area (Å²) in [7, 11) is 0. The van der Waals surface area contributed by atoms with Crippen LogP contribution in [0.2, 0.25) is 0 Å². The molecule has 3 rings (SSSR count). The van der Waals surface area contributed by atoms with E-state index in [-0.39, 0.29) is 5.56 Å². The van der Waals surface area contributed by atoms with Gasteiger partial charge in [0.1, 0.15) is 0 Å². The topological polar surface area (TPSA) is 48.0 Å². The molecule has 0 aliphatic heterocycles. The highest BCUT2D eigenvalue weighted by molar-refractivity contribution is 5.79. The van der Waals surface area contributed by atoms with Gasteiger partial charge < -0.3 is 10.3 Å². The number of benzene rings is 1. The summed E-state index contributed by atoms with van der Waals surface area (Å²) in [4.78, 5) is 12.7. The average Bonchev–Trinajstić information content (AvgIpc) is 2.48. The molecule has 1 aliphatic carbocycles. The molecule has 2 aromatic rings. The lowest BCUT2D eigenvalue weighted by atomic mass is 9.87. The molecule has 0 atom stereocenters. The zero-order valence-electron chi connectivity index (χ0n) is 12.0. The van der Waals surface area contributed by atoms with E-state index in [1.54, 1.807) is 0 Å². The van der Waals surface area contributed by atoms with Crippen molar-refractivity contribution in [3.8, 4) is 0 Å². The van der Waals surface area contributed by atoms with Gasteiger partial charge in [0.05, 0.1) is 5.52 Å². The van der Waals surface area contributed by atoms with Crippen LogP contribution >= 0.6 is 0 Å². The molecule has 0 amide bonds. The van der Waals surface area contributed by atoms with Crippen LogP contribution in [-0.2, 0) is 6.54 Å². The molecule has 1 aromatic carbocycles. The van der Waals surface area contributed by atoms with Crippen LogP contribution in [0.3, 0.4) is 0 Å². The molecule has 1 fully saturated rings. The Kier molecular flexibility index (Phi) is 3.62. The molecule has 0 unspecified atom stereocenters. The predicted octanol–water partition coefficient (Wildman–Crippen LogP) is 3.21. The third kappa shape index (κ3) is 2.27. The highest BCUT2D eigenvalue weighted by Gasteiger charge is 2.22. The number of fused-ring (bicyclic) bond motifs is 1. The highest BCUT2D eigenvalue weighted by Crippen LogP contribution is 2.32. The van der Waals surface area contributed by atoms with E-state index in [2.05, 4.69) is 19.1 Å². The maximum atomic E-state index is 12.7. The van der Waals surface area contributed by atoms with Crippen LogP contribution < -0.4 is 11.3 Å². The van der Waals surface area contributed by atoms with Crippen LogP contribution in [0.4, 0.5) is 0 Å². The van der Waals surface area contributed by atoms with E-state index in [4.69, 9.17) is 5.73 Å². The van der Waals surface area contributed by atoms with Crippen LogP contribution in [0.15, 0.2) is 35.1 Å². The van der Waals surface area contributed by atoms with Crippen molar-refractivity contribution in [2.24, 2.45) is 11.7 Å². The van der Waals surface area contributed by atoms with Gasteiger partial charge in [-0.05, 0) is 49.1 Å². The highest BCUT2D eigenvalue weighted by atomic mass is 16.1. The molecule has 1 aliphatic rings. The number of hydrogen-bond donors (Lipinski definition) is 1. The Morgan fingerprint density at radius 2 is 1.90 bits per heavy atom. The molecule has 20 heavy (non-hydrogen) atoms. The monoisotopic (exact) mass is 270 g/mol. The molecule has 3 heteroatoms. The zero-order chi connectivity index (χ0) is 14.1. The molecule has 1 aromatic heterocycles. The predicted molar refractivity (Wildman–Crippen MR) is 82.8 cm³/mol. The van der Waals surface area contributed by atoms with E-state index >= 15 is 0 Å². The summed E-state index contributed by atoms with van der Waals surface area (Å²) >= 11 is 0. The van der Waals surface area contributed by atoms with Gasteiger partial charge in [-0.3, -0.25) is 4.79 Å². The lowest BCUT2D eigenvalue weighted by Gasteiger charge is -2.29. The summed E-state index contributed by atoms with van der Waals surface area (Å²) in [6.45, 7) is 2.61. The van der Waals surface area contributed by atoms with Crippen LogP contribution in [0, 0.1) is 5.92 Å². The molecular formula is C17H22N2O.